The molecule has 3 heterocycles. The molecule has 0 saturated carbocycles. The average molecular weight is 448 g/mol. The quantitative estimate of drug-likeness (QED) is 0.307. The summed E-state index contributed by atoms with van der Waals surface area (Å²) in [5.74, 6) is 0.318. The Balaban J connectivity index is 0.00000157. The van der Waals surface area contributed by atoms with Crippen LogP contribution in [0.2, 0.25) is 0 Å². The molecule has 4 unspecified atom stereocenters. The minimum absolute atomic E-state index is 0. The number of para-hydroxylation sites is 1. The number of allylic oxidation sites excluding steroid dienone is 2. The van der Waals surface area contributed by atoms with E-state index in [4.69, 9.17) is 0 Å². The number of hydrogen-bond donors (Lipinski definition) is 1. The number of halogens is 1. The van der Waals surface area contributed by atoms with E-state index in [1.165, 1.54) is 40.1 Å². The van der Waals surface area contributed by atoms with Crippen molar-refractivity contribution in [2.24, 2.45) is 5.92 Å². The second-order valence-electron chi connectivity index (χ2n) is 7.92. The Hall–Kier alpha value is -1.14. The van der Waals surface area contributed by atoms with Crippen molar-refractivity contribution in [3.8, 4) is 0 Å². The number of aldehydes is 1. The van der Waals surface area contributed by atoms with Gasteiger partial charge < -0.3 is 33.8 Å². The fourth-order valence-corrected chi connectivity index (χ4v) is 6.37. The summed E-state index contributed by atoms with van der Waals surface area (Å²) in [6, 6.07) is 9.33. The molecule has 2 bridgehead atoms. The van der Waals surface area contributed by atoms with Gasteiger partial charge >= 0.3 is 0 Å². The number of piperidine rings is 1. The normalized spacial score (nSPS) is 38.7. The molecule has 1 aromatic carbocycles. The van der Waals surface area contributed by atoms with Gasteiger partial charge in [0.1, 0.15) is 18.9 Å². The van der Waals surface area contributed by atoms with Crippen LogP contribution in [-0.2, 0) is 10.2 Å². The van der Waals surface area contributed by atoms with Gasteiger partial charge in [-0.05, 0) is 31.1 Å². The second-order valence-corrected chi connectivity index (χ2v) is 7.92. The van der Waals surface area contributed by atoms with Crippen molar-refractivity contribution in [1.82, 2.24) is 0 Å². The molecule has 25 heavy (non-hydrogen) atoms. The van der Waals surface area contributed by atoms with Gasteiger partial charge in [-0.3, -0.25) is 4.79 Å². The van der Waals surface area contributed by atoms with Crippen molar-refractivity contribution in [3.63, 3.8) is 0 Å². The number of carbonyl (C=O) groups excluding carboxylic acids is 1. The minimum atomic E-state index is 0. The molecular weight excluding hydrogens is 423 g/mol. The van der Waals surface area contributed by atoms with Crippen LogP contribution in [0.5, 0.6) is 0 Å². The Morgan fingerprint density at radius 3 is 2.88 bits per heavy atom. The van der Waals surface area contributed by atoms with Gasteiger partial charge in [0, 0.05) is 35.7 Å². The van der Waals surface area contributed by atoms with E-state index in [-0.39, 0.29) is 29.4 Å². The zero-order valence-electron chi connectivity index (χ0n) is 14.9. The number of carbonyl (C=O) groups is 1. The number of nitrogens with zero attached hydrogens (tertiary/aromatic N) is 1. The predicted octanol–water partition coefficient (Wildman–Crippen LogP) is 0.396. The van der Waals surface area contributed by atoms with Gasteiger partial charge in [0.15, 0.2) is 0 Å². The van der Waals surface area contributed by atoms with Crippen LogP contribution in [0.1, 0.15) is 32.3 Å². The molecule has 2 fully saturated rings. The summed E-state index contributed by atoms with van der Waals surface area (Å²) in [5.41, 5.74) is 6.41. The highest BCUT2D eigenvalue weighted by Gasteiger charge is 2.67. The highest BCUT2D eigenvalue weighted by atomic mass is 127. The van der Waals surface area contributed by atoms with Crippen molar-refractivity contribution in [2.75, 3.05) is 25.0 Å². The second kappa shape index (κ2) is 5.68. The van der Waals surface area contributed by atoms with Crippen molar-refractivity contribution in [1.29, 1.82) is 0 Å². The van der Waals surface area contributed by atoms with Gasteiger partial charge in [0.25, 0.3) is 0 Å². The van der Waals surface area contributed by atoms with Gasteiger partial charge in [-0.1, -0.05) is 24.3 Å². The van der Waals surface area contributed by atoms with Crippen LogP contribution in [0.4, 0.5) is 5.69 Å². The molecule has 4 atom stereocenters. The van der Waals surface area contributed by atoms with E-state index in [2.05, 4.69) is 49.5 Å². The third-order valence-corrected chi connectivity index (χ3v) is 7.49. The zero-order chi connectivity index (χ0) is 16.5. The van der Waals surface area contributed by atoms with Crippen LogP contribution in [-0.4, -0.2) is 36.4 Å². The van der Waals surface area contributed by atoms with Crippen LogP contribution in [0.15, 0.2) is 47.2 Å². The van der Waals surface area contributed by atoms with E-state index >= 15 is 0 Å². The van der Waals surface area contributed by atoms with Gasteiger partial charge in [-0.15, -0.1) is 0 Å². The average Bonchev–Trinajstić information content (AvgIpc) is 3.15. The van der Waals surface area contributed by atoms with E-state index in [1.54, 1.807) is 0 Å². The molecule has 3 nitrogen and oxygen atoms in total. The fourth-order valence-electron chi connectivity index (χ4n) is 6.37. The Morgan fingerprint density at radius 1 is 1.36 bits per heavy atom. The minimum Gasteiger partial charge on any atom is -1.00 e. The topological polar surface area (TPSA) is 29.1 Å². The Bertz CT molecular complexity index is 814. The maximum Gasteiger partial charge on any atom is 0.148 e. The van der Waals surface area contributed by atoms with E-state index in [9.17, 15) is 4.79 Å². The van der Waals surface area contributed by atoms with E-state index < -0.39 is 0 Å². The number of anilines is 1. The highest BCUT2D eigenvalue weighted by molar-refractivity contribution is 5.84. The lowest BCUT2D eigenvalue weighted by Gasteiger charge is -2.53. The molecule has 3 aliphatic heterocycles. The lowest BCUT2D eigenvalue weighted by Crippen LogP contribution is -3.00. The molecule has 4 heteroatoms. The highest BCUT2D eigenvalue weighted by Crippen LogP contribution is 2.63. The lowest BCUT2D eigenvalue weighted by molar-refractivity contribution is -0.940. The first kappa shape index (κ1) is 17.3. The summed E-state index contributed by atoms with van der Waals surface area (Å²) in [7, 11) is 0. The number of likely N-dealkylation sites (N-methyl/N-ethyl adjacent to an activating group) is 1. The molecule has 0 amide bonds. The molecule has 1 spiro atoms. The first-order valence-electron chi connectivity index (χ1n) is 9.27. The Kier molecular flexibility index (Phi) is 3.93. The standard InChI is InChI=1S/C21H24N2O.HI/c1-3-14-12-23(4-2)10-9-21-17-7-5-6-8-18(17)22-20(21)16(13-24)15(14)11-19(21)23;/h3,5-8,13,15,19H,4,9-12H2,1-2H3;1H. The Morgan fingerprint density at radius 2 is 2.16 bits per heavy atom. The monoisotopic (exact) mass is 448 g/mol. The van der Waals surface area contributed by atoms with Crippen LogP contribution in [0, 0.1) is 5.92 Å². The fraction of sp³-hybridized carbons (Fsp3) is 0.476. The summed E-state index contributed by atoms with van der Waals surface area (Å²) < 4.78 is 1.20. The lowest BCUT2D eigenvalue weighted by atomic mass is 9.61. The summed E-state index contributed by atoms with van der Waals surface area (Å²) in [6.45, 7) is 8.01. The zero-order valence-corrected chi connectivity index (χ0v) is 17.0. The van der Waals surface area contributed by atoms with Crippen LogP contribution < -0.4 is 29.3 Å². The smallest absolute Gasteiger partial charge is 0.148 e. The van der Waals surface area contributed by atoms with Gasteiger partial charge in [-0.2, -0.15) is 0 Å². The van der Waals surface area contributed by atoms with Gasteiger partial charge in [0.05, 0.1) is 18.5 Å². The molecule has 5 rings (SSSR count). The van der Waals surface area contributed by atoms with Crippen LogP contribution >= 0.6 is 0 Å². The predicted molar refractivity (Wildman–Crippen MR) is 95.6 cm³/mol. The number of fused-ring (bicyclic) bond motifs is 2. The number of hydrogen-bond acceptors (Lipinski definition) is 2. The number of benzene rings is 1. The first-order chi connectivity index (χ1) is 11.7. The molecule has 0 radical (unpaired) electrons. The number of quaternary nitrogens is 1. The maximum absolute atomic E-state index is 12.1. The van der Waals surface area contributed by atoms with E-state index in [0.717, 1.165) is 31.2 Å². The third kappa shape index (κ3) is 1.87. The van der Waals surface area contributed by atoms with E-state index in [1.807, 2.05) is 0 Å². The molecule has 1 N–H and O–H groups in total. The van der Waals surface area contributed by atoms with Crippen LogP contribution in [0.25, 0.3) is 0 Å². The maximum atomic E-state index is 12.1. The molecule has 1 aliphatic carbocycles. The van der Waals surface area contributed by atoms with Crippen molar-refractivity contribution < 1.29 is 33.3 Å². The summed E-state index contributed by atoms with van der Waals surface area (Å²) in [5, 5.41) is 3.68. The molecule has 1 aromatic rings. The molecular formula is C21H25IN2O. The SMILES string of the molecule is CC=C1C[N+]2(CC)CCC34C(=C(C=O)C1CC32)Nc1ccccc14.[I-]. The van der Waals surface area contributed by atoms with Crippen LogP contribution in [0.3, 0.4) is 0 Å². The van der Waals surface area contributed by atoms with Crippen molar-refractivity contribution in [2.45, 2.75) is 38.1 Å². The largest absolute Gasteiger partial charge is 1.00 e. The van der Waals surface area contributed by atoms with Gasteiger partial charge in [-0.25, -0.2) is 0 Å². The number of rotatable bonds is 2. The molecule has 4 aliphatic rings. The number of nitrogens with one attached hydrogen (secondary N) is 1. The summed E-state index contributed by atoms with van der Waals surface area (Å²) in [4.78, 5) is 12.1. The molecule has 132 valence electrons. The van der Waals surface area contributed by atoms with Crippen molar-refractivity contribution in [3.05, 3.63) is 52.7 Å². The van der Waals surface area contributed by atoms with Gasteiger partial charge in [0.2, 0.25) is 0 Å². The summed E-state index contributed by atoms with van der Waals surface area (Å²) >= 11 is 0. The van der Waals surface area contributed by atoms with E-state index in [0.29, 0.717) is 12.0 Å². The molecule has 0 aromatic heterocycles. The Labute approximate surface area is 166 Å². The third-order valence-electron chi connectivity index (χ3n) is 7.49. The summed E-state index contributed by atoms with van der Waals surface area (Å²) in [6.07, 6.45) is 5.70. The first-order valence-corrected chi connectivity index (χ1v) is 9.27. The van der Waals surface area contributed by atoms with Crippen molar-refractivity contribution >= 4 is 12.0 Å². The molecule has 2 saturated heterocycles.